The van der Waals surface area contributed by atoms with Gasteiger partial charge in [0.1, 0.15) is 6.07 Å². The van der Waals surface area contributed by atoms with Crippen LogP contribution in [0.1, 0.15) is 40.9 Å². The summed E-state index contributed by atoms with van der Waals surface area (Å²) in [6.45, 7) is 0. The SMILES string of the molecule is N#Cc1cc(-c2ccc(-c3ccccc3-n3c4c(c5c3CC(C#N)CC5)C=CCC4)cc2)ccc1-n1c2ccccc2c2ccccc21. The van der Waals surface area contributed by atoms with Gasteiger partial charge in [-0.25, -0.2) is 0 Å². The Morgan fingerprint density at radius 1 is 0.625 bits per heavy atom. The normalized spacial score (nSPS) is 15.2. The van der Waals surface area contributed by atoms with Crippen molar-refractivity contribution in [3.63, 3.8) is 0 Å². The fraction of sp³-hybridized carbons (Fsp3) is 0.136. The Morgan fingerprint density at radius 2 is 1.31 bits per heavy atom. The Morgan fingerprint density at radius 3 is 2.06 bits per heavy atom. The van der Waals surface area contributed by atoms with E-state index in [1.165, 1.54) is 44.5 Å². The summed E-state index contributed by atoms with van der Waals surface area (Å²) in [6.07, 6.45) is 9.34. The molecule has 7 aromatic rings. The minimum absolute atomic E-state index is 0.0580. The van der Waals surface area contributed by atoms with E-state index in [0.717, 1.165) is 65.5 Å². The number of fused-ring (bicyclic) bond motifs is 6. The van der Waals surface area contributed by atoms with Crippen LogP contribution in [-0.2, 0) is 19.3 Å². The molecule has 2 aliphatic carbocycles. The van der Waals surface area contributed by atoms with Gasteiger partial charge in [0.2, 0.25) is 0 Å². The lowest BCUT2D eigenvalue weighted by molar-refractivity contribution is 0.549. The fourth-order valence-electron chi connectivity index (χ4n) is 8.10. The smallest absolute Gasteiger partial charge is 0.101 e. The number of allylic oxidation sites excluding steroid dienone is 1. The lowest BCUT2D eigenvalue weighted by Crippen LogP contribution is -2.16. The molecule has 1 unspecified atom stereocenters. The first kappa shape index (κ1) is 28.1. The molecule has 0 fully saturated rings. The number of hydrogen-bond acceptors (Lipinski definition) is 2. The Labute approximate surface area is 280 Å². The number of rotatable bonds is 4. The van der Waals surface area contributed by atoms with Crippen LogP contribution in [0.5, 0.6) is 0 Å². The predicted molar refractivity (Wildman–Crippen MR) is 194 cm³/mol. The molecule has 0 aliphatic heterocycles. The summed E-state index contributed by atoms with van der Waals surface area (Å²) in [4.78, 5) is 0. The molecule has 0 N–H and O–H groups in total. The van der Waals surface area contributed by atoms with Crippen molar-refractivity contribution in [2.75, 3.05) is 0 Å². The average molecular weight is 617 g/mol. The third-order valence-corrected chi connectivity index (χ3v) is 10.3. The zero-order chi connectivity index (χ0) is 32.2. The lowest BCUT2D eigenvalue weighted by Gasteiger charge is -2.22. The van der Waals surface area contributed by atoms with E-state index >= 15 is 0 Å². The monoisotopic (exact) mass is 616 g/mol. The van der Waals surface area contributed by atoms with Crippen molar-refractivity contribution in [1.82, 2.24) is 9.13 Å². The largest absolute Gasteiger partial charge is 0.316 e. The molecule has 2 heterocycles. The van der Waals surface area contributed by atoms with E-state index in [-0.39, 0.29) is 5.92 Å². The maximum absolute atomic E-state index is 10.4. The van der Waals surface area contributed by atoms with Gasteiger partial charge in [0, 0.05) is 34.1 Å². The van der Waals surface area contributed by atoms with Crippen molar-refractivity contribution >= 4 is 27.9 Å². The number of hydrogen-bond donors (Lipinski definition) is 0. The topological polar surface area (TPSA) is 57.4 Å². The molecule has 2 aromatic heterocycles. The van der Waals surface area contributed by atoms with Gasteiger partial charge in [0.05, 0.1) is 40.0 Å². The van der Waals surface area contributed by atoms with Crippen LogP contribution in [0.2, 0.25) is 0 Å². The third kappa shape index (κ3) is 4.34. The van der Waals surface area contributed by atoms with Gasteiger partial charge in [0.15, 0.2) is 0 Å². The zero-order valence-corrected chi connectivity index (χ0v) is 26.5. The average Bonchev–Trinajstić information content (AvgIpc) is 3.67. The van der Waals surface area contributed by atoms with Gasteiger partial charge < -0.3 is 9.13 Å². The zero-order valence-electron chi connectivity index (χ0n) is 26.5. The summed E-state index contributed by atoms with van der Waals surface area (Å²) < 4.78 is 4.69. The maximum atomic E-state index is 10.4. The van der Waals surface area contributed by atoms with Gasteiger partial charge in [-0.1, -0.05) is 97.1 Å². The quantitative estimate of drug-likeness (QED) is 0.198. The standard InChI is InChI=1S/C44H32N4/c45-27-29-17-23-38-37-12-4-8-16-43(37)48(44(38)25-29)40-13-5-1-9-34(40)31-20-18-30(19-21-31)32-22-24-39(33(26-32)28-46)47-41-14-6-2-10-35(41)36-11-3-7-15-42(36)47/h1-7,9-15,18-22,24,26,29H,8,16-17,23,25H2. The first-order valence-corrected chi connectivity index (χ1v) is 16.8. The van der Waals surface area contributed by atoms with Crippen LogP contribution in [-0.4, -0.2) is 9.13 Å². The van der Waals surface area contributed by atoms with Crippen molar-refractivity contribution in [3.8, 4) is 45.8 Å². The summed E-state index contributed by atoms with van der Waals surface area (Å²) in [5, 5.41) is 22.5. The molecule has 0 amide bonds. The van der Waals surface area contributed by atoms with Crippen LogP contribution >= 0.6 is 0 Å². The summed E-state index contributed by atoms with van der Waals surface area (Å²) in [5.41, 5.74) is 14.8. The van der Waals surface area contributed by atoms with Gasteiger partial charge in [-0.2, -0.15) is 10.5 Å². The lowest BCUT2D eigenvalue weighted by atomic mass is 9.86. The molecule has 4 heteroatoms. The Balaban J connectivity index is 1.11. The fourth-order valence-corrected chi connectivity index (χ4v) is 8.10. The Kier molecular flexibility index (Phi) is 6.63. The molecule has 0 saturated carbocycles. The molecule has 0 spiro atoms. The van der Waals surface area contributed by atoms with E-state index in [2.05, 4.69) is 143 Å². The molecular weight excluding hydrogens is 585 g/mol. The summed E-state index contributed by atoms with van der Waals surface area (Å²) >= 11 is 0. The molecule has 2 aliphatic rings. The second-order valence-electron chi connectivity index (χ2n) is 12.9. The molecule has 228 valence electrons. The first-order chi connectivity index (χ1) is 23.7. The van der Waals surface area contributed by atoms with E-state index in [9.17, 15) is 10.5 Å². The Bertz CT molecular complexity index is 2460. The van der Waals surface area contributed by atoms with E-state index in [1.54, 1.807) is 0 Å². The van der Waals surface area contributed by atoms with Crippen LogP contribution in [0.4, 0.5) is 0 Å². The van der Waals surface area contributed by atoms with Crippen molar-refractivity contribution in [1.29, 1.82) is 10.5 Å². The van der Waals surface area contributed by atoms with Crippen LogP contribution < -0.4 is 0 Å². The predicted octanol–water partition coefficient (Wildman–Crippen LogP) is 10.4. The molecular formula is C44H32N4. The number of nitriles is 2. The van der Waals surface area contributed by atoms with E-state index in [1.807, 2.05) is 6.07 Å². The maximum Gasteiger partial charge on any atom is 0.101 e. The minimum atomic E-state index is 0.0580. The van der Waals surface area contributed by atoms with Crippen molar-refractivity contribution in [2.45, 2.75) is 32.1 Å². The third-order valence-electron chi connectivity index (χ3n) is 10.3. The van der Waals surface area contributed by atoms with E-state index < -0.39 is 0 Å². The Hall–Kier alpha value is -6.10. The number of nitrogens with zero attached hydrogens (tertiary/aromatic N) is 4. The first-order valence-electron chi connectivity index (χ1n) is 16.8. The summed E-state index contributed by atoms with van der Waals surface area (Å²) in [5.74, 6) is 0.0580. The van der Waals surface area contributed by atoms with Crippen LogP contribution in [0, 0.1) is 28.6 Å². The van der Waals surface area contributed by atoms with Crippen LogP contribution in [0.15, 0.2) is 121 Å². The molecule has 0 radical (unpaired) electrons. The van der Waals surface area contributed by atoms with Crippen molar-refractivity contribution < 1.29 is 0 Å². The highest BCUT2D eigenvalue weighted by Gasteiger charge is 2.30. The molecule has 0 saturated heterocycles. The van der Waals surface area contributed by atoms with E-state index in [0.29, 0.717) is 5.56 Å². The number of para-hydroxylation sites is 3. The van der Waals surface area contributed by atoms with Gasteiger partial charge in [-0.3, -0.25) is 0 Å². The second-order valence-corrected chi connectivity index (χ2v) is 12.9. The molecule has 9 rings (SSSR count). The highest BCUT2D eigenvalue weighted by molar-refractivity contribution is 6.09. The molecule has 1 atom stereocenters. The highest BCUT2D eigenvalue weighted by atomic mass is 15.0. The van der Waals surface area contributed by atoms with Gasteiger partial charge >= 0.3 is 0 Å². The van der Waals surface area contributed by atoms with Gasteiger partial charge in [-0.05, 0) is 83.8 Å². The van der Waals surface area contributed by atoms with Crippen LogP contribution in [0.3, 0.4) is 0 Å². The molecule has 5 aromatic carbocycles. The van der Waals surface area contributed by atoms with Gasteiger partial charge in [0.25, 0.3) is 0 Å². The summed E-state index contributed by atoms with van der Waals surface area (Å²) in [6, 6.07) is 45.4. The summed E-state index contributed by atoms with van der Waals surface area (Å²) in [7, 11) is 0. The second kappa shape index (κ2) is 11.3. The van der Waals surface area contributed by atoms with Crippen molar-refractivity contribution in [3.05, 3.63) is 149 Å². The molecule has 48 heavy (non-hydrogen) atoms. The molecule has 4 nitrogen and oxygen atoms in total. The highest BCUT2D eigenvalue weighted by Crippen LogP contribution is 2.41. The number of benzene rings is 5. The van der Waals surface area contributed by atoms with Crippen molar-refractivity contribution in [2.24, 2.45) is 5.92 Å². The van der Waals surface area contributed by atoms with E-state index in [4.69, 9.17) is 0 Å². The number of aromatic nitrogens is 2. The van der Waals surface area contributed by atoms with Crippen LogP contribution in [0.25, 0.3) is 61.5 Å². The minimum Gasteiger partial charge on any atom is -0.316 e. The molecule has 0 bridgehead atoms. The van der Waals surface area contributed by atoms with Gasteiger partial charge in [-0.15, -0.1) is 0 Å².